The van der Waals surface area contributed by atoms with Crippen molar-refractivity contribution in [1.29, 1.82) is 0 Å². The standard InChI is InChI=1S/C16H12ClIO3/c17-14-2-1-3-15(13(14)8-9-16(19)20)21-10-11-4-6-12(18)7-5-11/h1-9H,10H2,(H,19,20)/b9-8+. The highest BCUT2D eigenvalue weighted by atomic mass is 127. The van der Waals surface area contributed by atoms with E-state index in [2.05, 4.69) is 22.6 Å². The summed E-state index contributed by atoms with van der Waals surface area (Å²) in [5, 5.41) is 9.17. The molecule has 2 aromatic rings. The number of carbonyl (C=O) groups is 1. The lowest BCUT2D eigenvalue weighted by Gasteiger charge is -2.10. The van der Waals surface area contributed by atoms with Gasteiger partial charge in [0.1, 0.15) is 12.4 Å². The van der Waals surface area contributed by atoms with Crippen LogP contribution in [-0.2, 0) is 11.4 Å². The molecule has 108 valence electrons. The van der Waals surface area contributed by atoms with Gasteiger partial charge in [0, 0.05) is 15.2 Å². The number of carboxylic acid groups (broad SMARTS) is 1. The van der Waals surface area contributed by atoms with Crippen molar-refractivity contribution in [3.8, 4) is 5.75 Å². The Labute approximate surface area is 141 Å². The van der Waals surface area contributed by atoms with E-state index in [9.17, 15) is 4.79 Å². The van der Waals surface area contributed by atoms with E-state index in [0.717, 1.165) is 15.2 Å². The molecule has 0 aliphatic heterocycles. The number of hydrogen-bond donors (Lipinski definition) is 1. The number of halogens is 2. The summed E-state index contributed by atoms with van der Waals surface area (Å²) in [5.41, 5.74) is 1.59. The Bertz CT molecular complexity index is 666. The van der Waals surface area contributed by atoms with Crippen molar-refractivity contribution in [2.75, 3.05) is 0 Å². The lowest BCUT2D eigenvalue weighted by atomic mass is 10.2. The number of carboxylic acids is 1. The molecular formula is C16H12ClIO3. The van der Waals surface area contributed by atoms with Crippen LogP contribution in [0.25, 0.3) is 6.08 Å². The van der Waals surface area contributed by atoms with Crippen LogP contribution in [0.2, 0.25) is 5.02 Å². The minimum absolute atomic E-state index is 0.394. The Morgan fingerprint density at radius 2 is 1.95 bits per heavy atom. The summed E-state index contributed by atoms with van der Waals surface area (Å²) in [4.78, 5) is 10.6. The molecule has 21 heavy (non-hydrogen) atoms. The molecule has 0 heterocycles. The number of rotatable bonds is 5. The van der Waals surface area contributed by atoms with E-state index in [1.807, 2.05) is 24.3 Å². The Balaban J connectivity index is 2.17. The zero-order valence-corrected chi connectivity index (χ0v) is 13.8. The van der Waals surface area contributed by atoms with Crippen molar-refractivity contribution < 1.29 is 14.6 Å². The molecule has 5 heteroatoms. The molecule has 0 saturated heterocycles. The lowest BCUT2D eigenvalue weighted by Crippen LogP contribution is -1.97. The third kappa shape index (κ3) is 4.75. The minimum atomic E-state index is -1.03. The second-order valence-corrected chi connectivity index (χ2v) is 5.89. The summed E-state index contributed by atoms with van der Waals surface area (Å²) in [5.74, 6) is -0.475. The molecule has 0 radical (unpaired) electrons. The highest BCUT2D eigenvalue weighted by Crippen LogP contribution is 2.28. The Morgan fingerprint density at radius 1 is 1.24 bits per heavy atom. The highest BCUT2D eigenvalue weighted by molar-refractivity contribution is 14.1. The molecule has 0 aromatic heterocycles. The van der Waals surface area contributed by atoms with E-state index in [1.165, 1.54) is 6.08 Å². The van der Waals surface area contributed by atoms with Gasteiger partial charge in [-0.2, -0.15) is 0 Å². The number of aliphatic carboxylic acids is 1. The first-order valence-corrected chi connectivity index (χ1v) is 7.58. The predicted octanol–water partition coefficient (Wildman–Crippen LogP) is 4.62. The van der Waals surface area contributed by atoms with E-state index in [-0.39, 0.29) is 0 Å². The van der Waals surface area contributed by atoms with Crippen LogP contribution < -0.4 is 4.74 Å². The third-order valence-corrected chi connectivity index (χ3v) is 3.76. The Hall–Kier alpha value is -1.53. The minimum Gasteiger partial charge on any atom is -0.488 e. The molecule has 0 aliphatic rings. The first-order chi connectivity index (χ1) is 10.1. The van der Waals surface area contributed by atoms with Crippen LogP contribution in [0.3, 0.4) is 0 Å². The van der Waals surface area contributed by atoms with Crippen LogP contribution in [-0.4, -0.2) is 11.1 Å². The Morgan fingerprint density at radius 3 is 2.62 bits per heavy atom. The fraction of sp³-hybridized carbons (Fsp3) is 0.0625. The molecule has 0 spiro atoms. The van der Waals surface area contributed by atoms with Crippen molar-refractivity contribution in [3.63, 3.8) is 0 Å². The quantitative estimate of drug-likeness (QED) is 0.573. The third-order valence-electron chi connectivity index (χ3n) is 2.71. The van der Waals surface area contributed by atoms with Crippen LogP contribution in [0.4, 0.5) is 0 Å². The van der Waals surface area contributed by atoms with E-state index >= 15 is 0 Å². The van der Waals surface area contributed by atoms with E-state index < -0.39 is 5.97 Å². The van der Waals surface area contributed by atoms with E-state index in [0.29, 0.717) is 22.9 Å². The van der Waals surface area contributed by atoms with Crippen molar-refractivity contribution in [2.24, 2.45) is 0 Å². The van der Waals surface area contributed by atoms with Gasteiger partial charge in [0.25, 0.3) is 0 Å². The molecule has 0 fully saturated rings. The maximum Gasteiger partial charge on any atom is 0.328 e. The smallest absolute Gasteiger partial charge is 0.328 e. The van der Waals surface area contributed by atoms with E-state index in [1.54, 1.807) is 18.2 Å². The molecule has 0 bridgehead atoms. The monoisotopic (exact) mass is 414 g/mol. The molecule has 0 atom stereocenters. The fourth-order valence-electron chi connectivity index (χ4n) is 1.70. The largest absolute Gasteiger partial charge is 0.488 e. The van der Waals surface area contributed by atoms with Crippen molar-refractivity contribution in [1.82, 2.24) is 0 Å². The summed E-state index contributed by atoms with van der Waals surface area (Å²) >= 11 is 8.33. The number of hydrogen-bond acceptors (Lipinski definition) is 2. The van der Waals surface area contributed by atoms with Crippen molar-refractivity contribution >= 4 is 46.2 Å². The van der Waals surface area contributed by atoms with Gasteiger partial charge in [0.2, 0.25) is 0 Å². The number of benzene rings is 2. The molecule has 2 rings (SSSR count). The fourth-order valence-corrected chi connectivity index (χ4v) is 2.29. The van der Waals surface area contributed by atoms with E-state index in [4.69, 9.17) is 21.4 Å². The average Bonchev–Trinajstić information content (AvgIpc) is 2.45. The lowest BCUT2D eigenvalue weighted by molar-refractivity contribution is -0.131. The molecular weight excluding hydrogens is 403 g/mol. The number of ether oxygens (including phenoxy) is 1. The summed E-state index contributed by atoms with van der Waals surface area (Å²) in [6.45, 7) is 0.394. The van der Waals surface area contributed by atoms with Crippen LogP contribution in [0.15, 0.2) is 48.5 Å². The second-order valence-electron chi connectivity index (χ2n) is 4.24. The predicted molar refractivity (Wildman–Crippen MR) is 91.6 cm³/mol. The van der Waals surface area contributed by atoms with Gasteiger partial charge in [-0.1, -0.05) is 29.8 Å². The molecule has 0 saturated carbocycles. The maximum atomic E-state index is 10.6. The topological polar surface area (TPSA) is 46.5 Å². The summed E-state index contributed by atoms with van der Waals surface area (Å²) < 4.78 is 6.90. The molecule has 0 amide bonds. The SMILES string of the molecule is O=C(O)/C=C/c1c(Cl)cccc1OCc1ccc(I)cc1. The van der Waals surface area contributed by atoms with Crippen LogP contribution in [0, 0.1) is 3.57 Å². The first-order valence-electron chi connectivity index (χ1n) is 6.13. The molecule has 1 N–H and O–H groups in total. The summed E-state index contributed by atoms with van der Waals surface area (Å²) in [6, 6.07) is 13.2. The average molecular weight is 415 g/mol. The molecule has 2 aromatic carbocycles. The Kier molecular flexibility index (Phi) is 5.64. The van der Waals surface area contributed by atoms with Crippen molar-refractivity contribution in [3.05, 3.63) is 68.3 Å². The van der Waals surface area contributed by atoms with Crippen LogP contribution in [0.1, 0.15) is 11.1 Å². The second kappa shape index (κ2) is 7.47. The van der Waals surface area contributed by atoms with Gasteiger partial charge in [-0.3, -0.25) is 0 Å². The van der Waals surface area contributed by atoms with Gasteiger partial charge in [0.05, 0.1) is 5.02 Å². The molecule has 3 nitrogen and oxygen atoms in total. The van der Waals surface area contributed by atoms with Gasteiger partial charge in [0.15, 0.2) is 0 Å². The molecule has 0 unspecified atom stereocenters. The zero-order valence-electron chi connectivity index (χ0n) is 10.9. The maximum absolute atomic E-state index is 10.6. The zero-order chi connectivity index (χ0) is 15.2. The van der Waals surface area contributed by atoms with Gasteiger partial charge in [-0.15, -0.1) is 0 Å². The summed E-state index contributed by atoms with van der Waals surface area (Å²) in [6.07, 6.45) is 2.48. The van der Waals surface area contributed by atoms with Gasteiger partial charge in [-0.05, 0) is 58.5 Å². The van der Waals surface area contributed by atoms with Gasteiger partial charge < -0.3 is 9.84 Å². The van der Waals surface area contributed by atoms with Crippen LogP contribution >= 0.6 is 34.2 Å². The van der Waals surface area contributed by atoms with Gasteiger partial charge in [-0.25, -0.2) is 4.79 Å². The summed E-state index contributed by atoms with van der Waals surface area (Å²) in [7, 11) is 0. The highest BCUT2D eigenvalue weighted by Gasteiger charge is 2.06. The normalized spacial score (nSPS) is 10.8. The van der Waals surface area contributed by atoms with Crippen molar-refractivity contribution in [2.45, 2.75) is 6.61 Å². The van der Waals surface area contributed by atoms with Gasteiger partial charge >= 0.3 is 5.97 Å². The first kappa shape index (κ1) is 15.9. The van der Waals surface area contributed by atoms with Crippen LogP contribution in [0.5, 0.6) is 5.75 Å². The molecule has 0 aliphatic carbocycles.